The average molecular weight is 489 g/mol. The summed E-state index contributed by atoms with van der Waals surface area (Å²) in [5.74, 6) is 0.775. The zero-order valence-electron chi connectivity index (χ0n) is 19.6. The van der Waals surface area contributed by atoms with Crippen molar-refractivity contribution in [3.05, 3.63) is 101 Å². The number of carbonyl (C=O) groups is 1. The third kappa shape index (κ3) is 5.74. The number of rotatable bonds is 7. The fourth-order valence-electron chi connectivity index (χ4n) is 4.61. The minimum absolute atomic E-state index is 0.0214. The monoisotopic (exact) mass is 488 g/mol. The van der Waals surface area contributed by atoms with Gasteiger partial charge in [-0.3, -0.25) is 9.69 Å². The number of nitrogens with zero attached hydrogens (tertiary/aromatic N) is 4. The molecule has 0 N–H and O–H groups in total. The lowest BCUT2D eigenvalue weighted by Crippen LogP contribution is -2.47. The summed E-state index contributed by atoms with van der Waals surface area (Å²) in [4.78, 5) is 25.2. The van der Waals surface area contributed by atoms with Gasteiger partial charge in [0.15, 0.2) is 0 Å². The molecule has 1 amide bonds. The quantitative estimate of drug-likeness (QED) is 0.436. The number of pyridine rings is 1. The van der Waals surface area contributed by atoms with Crippen molar-refractivity contribution in [2.75, 3.05) is 44.2 Å². The van der Waals surface area contributed by atoms with Gasteiger partial charge in [-0.05, 0) is 54.4 Å². The van der Waals surface area contributed by atoms with Crippen molar-refractivity contribution in [1.29, 1.82) is 0 Å². The second-order valence-corrected chi connectivity index (χ2v) is 9.94. The van der Waals surface area contributed by atoms with Gasteiger partial charge in [0.25, 0.3) is 5.91 Å². The third-order valence-corrected chi connectivity index (χ3v) is 7.74. The van der Waals surface area contributed by atoms with Crippen molar-refractivity contribution in [3.63, 3.8) is 0 Å². The SMILES string of the molecule is O=C1C(=Cc2ccccc2)SC(c2cccc(F)c2)N1CCCN1CCN(c2ccccn2)CC1. The molecule has 2 aliphatic rings. The maximum Gasteiger partial charge on any atom is 0.261 e. The standard InChI is InChI=1S/C28H29FN4OS/c29-24-11-6-10-23(21-24)28-33(27(34)25(35-28)20-22-8-2-1-3-9-22)15-7-14-31-16-18-32(19-17-31)26-12-4-5-13-30-26/h1-6,8-13,20-21,28H,7,14-19H2. The molecule has 7 heteroatoms. The molecular formula is C28H29FN4OS. The van der Waals surface area contributed by atoms with Crippen molar-refractivity contribution in [2.45, 2.75) is 11.8 Å². The second-order valence-electron chi connectivity index (χ2n) is 8.81. The molecule has 2 saturated heterocycles. The number of anilines is 1. The molecular weight excluding hydrogens is 459 g/mol. The molecule has 0 spiro atoms. The van der Waals surface area contributed by atoms with E-state index in [4.69, 9.17) is 0 Å². The van der Waals surface area contributed by atoms with E-state index in [1.165, 1.54) is 17.8 Å². The van der Waals surface area contributed by atoms with E-state index >= 15 is 0 Å². The first-order chi connectivity index (χ1) is 17.2. The van der Waals surface area contributed by atoms with Gasteiger partial charge in [-0.2, -0.15) is 0 Å². The summed E-state index contributed by atoms with van der Waals surface area (Å²) >= 11 is 1.51. The van der Waals surface area contributed by atoms with E-state index in [2.05, 4.69) is 20.9 Å². The van der Waals surface area contributed by atoms with E-state index in [1.807, 2.05) is 65.7 Å². The normalized spacial score (nSPS) is 20.1. The first-order valence-electron chi connectivity index (χ1n) is 12.1. The summed E-state index contributed by atoms with van der Waals surface area (Å²) in [6, 6.07) is 22.5. The van der Waals surface area contributed by atoms with E-state index in [9.17, 15) is 9.18 Å². The van der Waals surface area contributed by atoms with Gasteiger partial charge in [-0.25, -0.2) is 9.37 Å². The minimum atomic E-state index is -0.276. The highest BCUT2D eigenvalue weighted by molar-refractivity contribution is 8.04. The Morgan fingerprint density at radius 3 is 2.49 bits per heavy atom. The zero-order valence-corrected chi connectivity index (χ0v) is 20.4. The van der Waals surface area contributed by atoms with Crippen molar-refractivity contribution in [1.82, 2.24) is 14.8 Å². The molecule has 1 aromatic heterocycles. The van der Waals surface area contributed by atoms with Crippen LogP contribution >= 0.6 is 11.8 Å². The number of hydrogen-bond acceptors (Lipinski definition) is 5. The molecule has 180 valence electrons. The van der Waals surface area contributed by atoms with Crippen LogP contribution in [0.4, 0.5) is 10.2 Å². The number of carbonyl (C=O) groups excluding carboxylic acids is 1. The van der Waals surface area contributed by atoms with Gasteiger partial charge in [0.1, 0.15) is 17.0 Å². The molecule has 1 unspecified atom stereocenters. The summed E-state index contributed by atoms with van der Waals surface area (Å²) in [7, 11) is 0. The zero-order chi connectivity index (χ0) is 24.0. The summed E-state index contributed by atoms with van der Waals surface area (Å²) in [6.45, 7) is 5.42. The largest absolute Gasteiger partial charge is 0.354 e. The van der Waals surface area contributed by atoms with Crippen LogP contribution in [0.25, 0.3) is 6.08 Å². The molecule has 35 heavy (non-hydrogen) atoms. The van der Waals surface area contributed by atoms with Crippen molar-refractivity contribution in [3.8, 4) is 0 Å². The number of benzene rings is 2. The molecule has 0 saturated carbocycles. The Kier molecular flexibility index (Phi) is 7.45. The Bertz CT molecular complexity index is 1170. The predicted octanol–water partition coefficient (Wildman–Crippen LogP) is 5.05. The Morgan fingerprint density at radius 1 is 0.943 bits per heavy atom. The van der Waals surface area contributed by atoms with Gasteiger partial charge in [-0.1, -0.05) is 60.3 Å². The lowest BCUT2D eigenvalue weighted by atomic mass is 10.1. The molecule has 2 aromatic carbocycles. The summed E-state index contributed by atoms with van der Waals surface area (Å²) in [5, 5.41) is -0.214. The predicted molar refractivity (Wildman–Crippen MR) is 140 cm³/mol. The Hall–Kier alpha value is -3.16. The number of halogens is 1. The summed E-state index contributed by atoms with van der Waals surface area (Å²) in [5.41, 5.74) is 1.82. The maximum atomic E-state index is 14.0. The van der Waals surface area contributed by atoms with Crippen LogP contribution in [0.3, 0.4) is 0 Å². The minimum Gasteiger partial charge on any atom is -0.354 e. The van der Waals surface area contributed by atoms with E-state index in [1.54, 1.807) is 12.1 Å². The second kappa shape index (κ2) is 11.1. The first kappa shape index (κ1) is 23.6. The van der Waals surface area contributed by atoms with Gasteiger partial charge < -0.3 is 9.80 Å². The Morgan fingerprint density at radius 2 is 1.74 bits per heavy atom. The third-order valence-electron chi connectivity index (χ3n) is 6.44. The van der Waals surface area contributed by atoms with Crippen LogP contribution < -0.4 is 4.90 Å². The van der Waals surface area contributed by atoms with Gasteiger partial charge in [-0.15, -0.1) is 0 Å². The highest BCUT2D eigenvalue weighted by Crippen LogP contribution is 2.46. The van der Waals surface area contributed by atoms with Gasteiger partial charge in [0.05, 0.1) is 4.91 Å². The molecule has 0 bridgehead atoms. The lowest BCUT2D eigenvalue weighted by molar-refractivity contribution is -0.126. The van der Waals surface area contributed by atoms with E-state index in [0.29, 0.717) is 11.4 Å². The fourth-order valence-corrected chi connectivity index (χ4v) is 5.89. The molecule has 2 aliphatic heterocycles. The van der Waals surface area contributed by atoms with E-state index in [-0.39, 0.29) is 17.1 Å². The molecule has 1 atom stereocenters. The smallest absolute Gasteiger partial charge is 0.261 e. The topological polar surface area (TPSA) is 39.7 Å². The first-order valence-corrected chi connectivity index (χ1v) is 12.9. The van der Waals surface area contributed by atoms with Crippen molar-refractivity contribution in [2.24, 2.45) is 0 Å². The van der Waals surface area contributed by atoms with Crippen LogP contribution in [-0.4, -0.2) is 60.0 Å². The summed E-state index contributed by atoms with van der Waals surface area (Å²) in [6.07, 6.45) is 4.65. The van der Waals surface area contributed by atoms with Crippen LogP contribution in [0.5, 0.6) is 0 Å². The molecule has 3 aromatic rings. The number of aromatic nitrogens is 1. The fraction of sp³-hybridized carbons (Fsp3) is 0.286. The van der Waals surface area contributed by atoms with Crippen LogP contribution in [0.2, 0.25) is 0 Å². The highest BCUT2D eigenvalue weighted by Gasteiger charge is 2.37. The lowest BCUT2D eigenvalue weighted by Gasteiger charge is -2.35. The van der Waals surface area contributed by atoms with Gasteiger partial charge in [0, 0.05) is 38.9 Å². The molecule has 2 fully saturated rings. The highest BCUT2D eigenvalue weighted by atomic mass is 32.2. The number of hydrogen-bond donors (Lipinski definition) is 0. The molecule has 3 heterocycles. The Labute approximate surface area is 210 Å². The van der Waals surface area contributed by atoms with Crippen molar-refractivity contribution >= 4 is 29.6 Å². The number of amides is 1. The van der Waals surface area contributed by atoms with Gasteiger partial charge >= 0.3 is 0 Å². The number of piperazine rings is 1. The summed E-state index contributed by atoms with van der Waals surface area (Å²) < 4.78 is 14.0. The Balaban J connectivity index is 1.23. The average Bonchev–Trinajstić information content (AvgIpc) is 3.20. The van der Waals surface area contributed by atoms with Crippen LogP contribution in [0.1, 0.15) is 22.9 Å². The van der Waals surface area contributed by atoms with Crippen LogP contribution in [-0.2, 0) is 4.79 Å². The van der Waals surface area contributed by atoms with E-state index in [0.717, 1.165) is 56.1 Å². The van der Waals surface area contributed by atoms with Gasteiger partial charge in [0.2, 0.25) is 0 Å². The van der Waals surface area contributed by atoms with Crippen LogP contribution in [0.15, 0.2) is 83.9 Å². The van der Waals surface area contributed by atoms with Crippen LogP contribution in [0, 0.1) is 5.82 Å². The maximum absolute atomic E-state index is 14.0. The van der Waals surface area contributed by atoms with E-state index < -0.39 is 0 Å². The van der Waals surface area contributed by atoms with Crippen molar-refractivity contribution < 1.29 is 9.18 Å². The molecule has 0 radical (unpaired) electrons. The molecule has 0 aliphatic carbocycles. The molecule has 5 rings (SSSR count). The molecule has 5 nitrogen and oxygen atoms in total. The number of thioether (sulfide) groups is 1.